The normalized spacial score (nSPS) is 23.2. The van der Waals surface area contributed by atoms with Crippen molar-refractivity contribution in [2.75, 3.05) is 0 Å². The average molecular weight is 198 g/mol. The molecule has 1 heterocycles. The molecule has 1 aliphatic rings. The molecule has 1 rings (SSSR count). The third kappa shape index (κ3) is 2.08. The first-order valence-corrected chi connectivity index (χ1v) is 4.93. The van der Waals surface area contributed by atoms with E-state index < -0.39 is 6.29 Å². The molecule has 0 fully saturated rings. The lowest BCUT2D eigenvalue weighted by molar-refractivity contribution is -0.197. The van der Waals surface area contributed by atoms with Crippen LogP contribution in [0.25, 0.3) is 0 Å². The first-order chi connectivity index (χ1) is 6.36. The maximum Gasteiger partial charge on any atom is 0.340 e. The smallest absolute Gasteiger partial charge is 0.340 e. The fourth-order valence-corrected chi connectivity index (χ4v) is 1.31. The van der Waals surface area contributed by atoms with Gasteiger partial charge in [0.15, 0.2) is 0 Å². The third-order valence-electron chi connectivity index (χ3n) is 2.23. The molecule has 0 aromatic carbocycles. The Morgan fingerprint density at radius 2 is 1.86 bits per heavy atom. The minimum atomic E-state index is -0.467. The van der Waals surface area contributed by atoms with Gasteiger partial charge in [-0.25, -0.2) is 4.79 Å². The van der Waals surface area contributed by atoms with Crippen LogP contribution in [0.2, 0.25) is 0 Å². The highest BCUT2D eigenvalue weighted by Crippen LogP contribution is 2.31. The molecule has 1 unspecified atom stereocenters. The summed E-state index contributed by atoms with van der Waals surface area (Å²) < 4.78 is 10.8. The van der Waals surface area contributed by atoms with Gasteiger partial charge in [0.1, 0.15) is 5.76 Å². The number of carbonyl (C=O) groups excluding carboxylic acids is 1. The summed E-state index contributed by atoms with van der Waals surface area (Å²) in [4.78, 5) is 11.5. The van der Waals surface area contributed by atoms with Crippen LogP contribution in [0.4, 0.5) is 0 Å². The van der Waals surface area contributed by atoms with Crippen LogP contribution in [0.15, 0.2) is 11.3 Å². The number of cyclic esters (lactones) is 1. The van der Waals surface area contributed by atoms with E-state index in [1.54, 1.807) is 0 Å². The van der Waals surface area contributed by atoms with Crippen LogP contribution < -0.4 is 0 Å². The number of allylic oxidation sites excluding steroid dienone is 1. The topological polar surface area (TPSA) is 35.5 Å². The van der Waals surface area contributed by atoms with Crippen LogP contribution in [0, 0.1) is 5.41 Å². The summed E-state index contributed by atoms with van der Waals surface area (Å²) in [6, 6.07) is 0. The minimum absolute atomic E-state index is 0.184. The Bertz CT molecular complexity index is 271. The van der Waals surface area contributed by atoms with Crippen LogP contribution in [-0.2, 0) is 14.3 Å². The van der Waals surface area contributed by atoms with E-state index in [-0.39, 0.29) is 11.4 Å². The molecule has 3 heteroatoms. The molecule has 1 aliphatic heterocycles. The van der Waals surface area contributed by atoms with Crippen molar-refractivity contribution in [3.8, 4) is 0 Å². The molecular weight excluding hydrogens is 180 g/mol. The van der Waals surface area contributed by atoms with Gasteiger partial charge in [-0.15, -0.1) is 0 Å². The van der Waals surface area contributed by atoms with Crippen molar-refractivity contribution in [3.63, 3.8) is 0 Å². The Labute approximate surface area is 85.1 Å². The first kappa shape index (κ1) is 11.1. The molecule has 0 N–H and O–H groups in total. The lowest BCUT2D eigenvalue weighted by Gasteiger charge is -2.34. The van der Waals surface area contributed by atoms with Crippen LogP contribution in [0.5, 0.6) is 0 Å². The number of carbonyl (C=O) groups is 1. The second-order valence-corrected chi connectivity index (χ2v) is 4.61. The molecule has 0 bridgehead atoms. The Hall–Kier alpha value is -0.990. The van der Waals surface area contributed by atoms with Crippen molar-refractivity contribution >= 4 is 5.97 Å². The average Bonchev–Trinajstić information content (AvgIpc) is 2.01. The summed E-state index contributed by atoms with van der Waals surface area (Å²) in [5.74, 6) is 0.458. The molecule has 0 amide bonds. The molecule has 0 aromatic heterocycles. The molecule has 1 atom stereocenters. The number of rotatable bonds is 1. The van der Waals surface area contributed by atoms with E-state index in [2.05, 4.69) is 0 Å². The second kappa shape index (κ2) is 3.64. The molecule has 0 radical (unpaired) electrons. The monoisotopic (exact) mass is 198 g/mol. The highest BCUT2D eigenvalue weighted by molar-refractivity contribution is 5.89. The van der Waals surface area contributed by atoms with Gasteiger partial charge in [0.2, 0.25) is 6.29 Å². The van der Waals surface area contributed by atoms with E-state index in [1.807, 2.05) is 34.6 Å². The lowest BCUT2D eigenvalue weighted by Crippen LogP contribution is -2.37. The fraction of sp³-hybridized carbons (Fsp3) is 0.727. The quantitative estimate of drug-likeness (QED) is 0.607. The van der Waals surface area contributed by atoms with Crippen LogP contribution >= 0.6 is 0 Å². The molecular formula is C11H18O3. The van der Waals surface area contributed by atoms with Crippen molar-refractivity contribution in [2.45, 2.75) is 47.3 Å². The van der Waals surface area contributed by atoms with Gasteiger partial charge in [0.25, 0.3) is 0 Å². The Morgan fingerprint density at radius 1 is 1.29 bits per heavy atom. The molecule has 0 saturated carbocycles. The minimum Gasteiger partial charge on any atom is -0.458 e. The predicted molar refractivity (Wildman–Crippen MR) is 53.4 cm³/mol. The largest absolute Gasteiger partial charge is 0.458 e. The lowest BCUT2D eigenvalue weighted by atomic mass is 9.95. The molecule has 0 aromatic rings. The van der Waals surface area contributed by atoms with E-state index in [9.17, 15) is 4.79 Å². The summed E-state index contributed by atoms with van der Waals surface area (Å²) in [5.41, 5.74) is 0.460. The molecule has 0 saturated heterocycles. The van der Waals surface area contributed by atoms with Crippen LogP contribution in [-0.4, -0.2) is 12.3 Å². The van der Waals surface area contributed by atoms with Gasteiger partial charge in [0.05, 0.1) is 5.57 Å². The van der Waals surface area contributed by atoms with Crippen molar-refractivity contribution in [1.82, 2.24) is 0 Å². The summed E-state index contributed by atoms with van der Waals surface area (Å²) in [7, 11) is 0. The zero-order chi connectivity index (χ0) is 10.9. The van der Waals surface area contributed by atoms with Crippen molar-refractivity contribution in [1.29, 1.82) is 0 Å². The Morgan fingerprint density at radius 3 is 2.21 bits per heavy atom. The zero-order valence-electron chi connectivity index (χ0n) is 9.51. The maximum absolute atomic E-state index is 11.5. The van der Waals surface area contributed by atoms with E-state index in [0.717, 1.165) is 0 Å². The summed E-state index contributed by atoms with van der Waals surface area (Å²) in [6.45, 7) is 9.68. The fourth-order valence-electron chi connectivity index (χ4n) is 1.31. The molecule has 0 aliphatic carbocycles. The van der Waals surface area contributed by atoms with Gasteiger partial charge in [-0.05, 0) is 13.3 Å². The maximum atomic E-state index is 11.5. The Balaban J connectivity index is 2.88. The number of esters is 1. The third-order valence-corrected chi connectivity index (χ3v) is 2.23. The predicted octanol–water partition coefficient (Wildman–Crippen LogP) is 2.62. The molecule has 14 heavy (non-hydrogen) atoms. The second-order valence-electron chi connectivity index (χ2n) is 4.61. The van der Waals surface area contributed by atoms with Gasteiger partial charge >= 0.3 is 5.97 Å². The summed E-state index contributed by atoms with van der Waals surface area (Å²) >= 11 is 0. The summed E-state index contributed by atoms with van der Waals surface area (Å²) in [6.07, 6.45) is 0.187. The summed E-state index contributed by atoms with van der Waals surface area (Å²) in [5, 5.41) is 0. The van der Waals surface area contributed by atoms with Gasteiger partial charge in [0, 0.05) is 5.41 Å². The van der Waals surface area contributed by atoms with Crippen molar-refractivity contribution < 1.29 is 14.3 Å². The van der Waals surface area contributed by atoms with E-state index >= 15 is 0 Å². The zero-order valence-corrected chi connectivity index (χ0v) is 9.51. The standard InChI is InChI=1S/C11H18O3/c1-6-8-7(2)13-10(11(3,4)5)14-9(8)12/h10H,6H2,1-5H3. The number of ether oxygens (including phenoxy) is 2. The van der Waals surface area contributed by atoms with Gasteiger partial charge < -0.3 is 9.47 Å². The van der Waals surface area contributed by atoms with E-state index in [0.29, 0.717) is 17.8 Å². The van der Waals surface area contributed by atoms with Gasteiger partial charge in [-0.3, -0.25) is 0 Å². The molecule has 80 valence electrons. The van der Waals surface area contributed by atoms with E-state index in [4.69, 9.17) is 9.47 Å². The molecule has 0 spiro atoms. The number of hydrogen-bond donors (Lipinski definition) is 0. The SMILES string of the molecule is CCC1=C(C)OC(C(C)(C)C)OC1=O. The highest BCUT2D eigenvalue weighted by atomic mass is 16.7. The highest BCUT2D eigenvalue weighted by Gasteiger charge is 2.35. The number of hydrogen-bond acceptors (Lipinski definition) is 3. The van der Waals surface area contributed by atoms with Crippen molar-refractivity contribution in [2.24, 2.45) is 5.41 Å². The van der Waals surface area contributed by atoms with Gasteiger partial charge in [-0.1, -0.05) is 27.7 Å². The Kier molecular flexibility index (Phi) is 2.88. The van der Waals surface area contributed by atoms with Crippen LogP contribution in [0.3, 0.4) is 0 Å². The first-order valence-electron chi connectivity index (χ1n) is 4.93. The van der Waals surface area contributed by atoms with Crippen molar-refractivity contribution in [3.05, 3.63) is 11.3 Å². The van der Waals surface area contributed by atoms with Gasteiger partial charge in [-0.2, -0.15) is 0 Å². The van der Waals surface area contributed by atoms with E-state index in [1.165, 1.54) is 0 Å². The molecule has 3 nitrogen and oxygen atoms in total. The van der Waals surface area contributed by atoms with Crippen LogP contribution in [0.1, 0.15) is 41.0 Å².